The summed E-state index contributed by atoms with van der Waals surface area (Å²) >= 11 is 4.81. The van der Waals surface area contributed by atoms with E-state index in [4.69, 9.17) is 5.73 Å². The van der Waals surface area contributed by atoms with E-state index in [0.29, 0.717) is 25.4 Å². The summed E-state index contributed by atoms with van der Waals surface area (Å²) in [4.78, 5) is 25.6. The van der Waals surface area contributed by atoms with Crippen molar-refractivity contribution >= 4 is 39.1 Å². The van der Waals surface area contributed by atoms with Crippen molar-refractivity contribution in [3.8, 4) is 0 Å². The van der Waals surface area contributed by atoms with Crippen LogP contribution < -0.4 is 5.73 Å². The Kier molecular flexibility index (Phi) is 4.40. The molecule has 1 aromatic rings. The first-order chi connectivity index (χ1) is 8.56. The van der Waals surface area contributed by atoms with Crippen molar-refractivity contribution in [2.24, 2.45) is 11.7 Å². The summed E-state index contributed by atoms with van der Waals surface area (Å²) in [6.45, 7) is 1.43. The molecule has 1 fully saturated rings. The molecule has 0 saturated carbocycles. The van der Waals surface area contributed by atoms with E-state index < -0.39 is 0 Å². The molecule has 6 heteroatoms. The van der Waals surface area contributed by atoms with Crippen LogP contribution in [0, 0.1) is 5.92 Å². The highest BCUT2D eigenvalue weighted by atomic mass is 79.9. The van der Waals surface area contributed by atoms with E-state index in [-0.39, 0.29) is 11.8 Å². The third kappa shape index (κ3) is 3.32. The fourth-order valence-electron chi connectivity index (χ4n) is 2.21. The quantitative estimate of drug-likeness (QED) is 0.923. The number of carbonyl (C=O) groups is 2. The predicted molar refractivity (Wildman–Crippen MR) is 74.5 cm³/mol. The Bertz CT molecular complexity index is 453. The van der Waals surface area contributed by atoms with Crippen LogP contribution in [0.5, 0.6) is 0 Å². The summed E-state index contributed by atoms with van der Waals surface area (Å²) in [5.74, 6) is 0.173. The molecule has 1 aromatic heterocycles. The minimum absolute atomic E-state index is 0.0863. The highest BCUT2D eigenvalue weighted by Gasteiger charge is 2.25. The van der Waals surface area contributed by atoms with Gasteiger partial charge < -0.3 is 10.6 Å². The van der Waals surface area contributed by atoms with Gasteiger partial charge in [-0.1, -0.05) is 0 Å². The van der Waals surface area contributed by atoms with E-state index >= 15 is 0 Å². The molecule has 2 rings (SSSR count). The minimum atomic E-state index is -0.248. The second-order valence-electron chi connectivity index (χ2n) is 4.51. The number of likely N-dealkylation sites (tertiary alicyclic amines) is 1. The van der Waals surface area contributed by atoms with Gasteiger partial charge in [-0.3, -0.25) is 9.59 Å². The number of hydrogen-bond acceptors (Lipinski definition) is 3. The average Bonchev–Trinajstić information content (AvgIpc) is 2.75. The molecular weight excluding hydrogens is 316 g/mol. The van der Waals surface area contributed by atoms with Gasteiger partial charge in [0.05, 0.1) is 8.66 Å². The van der Waals surface area contributed by atoms with Crippen LogP contribution in [0.25, 0.3) is 0 Å². The normalized spacial score (nSPS) is 16.8. The van der Waals surface area contributed by atoms with Crippen molar-refractivity contribution in [2.45, 2.75) is 19.3 Å². The molecule has 0 radical (unpaired) electrons. The number of carbonyl (C=O) groups excluding carboxylic acids is 2. The Hall–Kier alpha value is -0.880. The first-order valence-electron chi connectivity index (χ1n) is 5.89. The summed E-state index contributed by atoms with van der Waals surface area (Å²) < 4.78 is 0.967. The van der Waals surface area contributed by atoms with Crippen LogP contribution in [0.15, 0.2) is 15.9 Å². The van der Waals surface area contributed by atoms with Crippen LogP contribution in [-0.4, -0.2) is 29.8 Å². The van der Waals surface area contributed by atoms with E-state index in [0.717, 1.165) is 21.5 Å². The number of rotatable bonds is 3. The molecule has 0 spiro atoms. The maximum atomic E-state index is 12.2. The molecule has 98 valence electrons. The number of nitrogens with zero attached hydrogens (tertiary/aromatic N) is 1. The molecule has 18 heavy (non-hydrogen) atoms. The number of nitrogens with two attached hydrogens (primary N) is 1. The molecule has 0 atom stereocenters. The highest BCUT2D eigenvalue weighted by molar-refractivity contribution is 9.11. The monoisotopic (exact) mass is 330 g/mol. The van der Waals surface area contributed by atoms with Gasteiger partial charge in [-0.2, -0.15) is 0 Å². The molecule has 2 N–H and O–H groups in total. The maximum absolute atomic E-state index is 12.2. The molecule has 0 aliphatic carbocycles. The van der Waals surface area contributed by atoms with E-state index in [9.17, 15) is 9.59 Å². The molecule has 0 unspecified atom stereocenters. The van der Waals surface area contributed by atoms with Crippen molar-refractivity contribution < 1.29 is 9.59 Å². The van der Waals surface area contributed by atoms with Gasteiger partial charge in [-0.15, -0.1) is 11.3 Å². The predicted octanol–water partition coefficient (Wildman–Crippen LogP) is 2.24. The lowest BCUT2D eigenvalue weighted by Gasteiger charge is -2.31. The van der Waals surface area contributed by atoms with Crippen LogP contribution in [0.2, 0.25) is 0 Å². The van der Waals surface area contributed by atoms with Crippen LogP contribution >= 0.6 is 27.3 Å². The lowest BCUT2D eigenvalue weighted by molar-refractivity contribution is -0.119. The molecule has 4 nitrogen and oxygen atoms in total. The first kappa shape index (κ1) is 13.5. The van der Waals surface area contributed by atoms with Gasteiger partial charge in [-0.05, 0) is 46.8 Å². The van der Waals surface area contributed by atoms with Crippen molar-refractivity contribution in [1.29, 1.82) is 0 Å². The van der Waals surface area contributed by atoms with Crippen LogP contribution in [0.1, 0.15) is 28.9 Å². The van der Waals surface area contributed by atoms with Gasteiger partial charge in [0, 0.05) is 19.5 Å². The van der Waals surface area contributed by atoms with Gasteiger partial charge in [0.25, 0.3) is 5.91 Å². The zero-order chi connectivity index (χ0) is 13.1. The van der Waals surface area contributed by atoms with Crippen LogP contribution in [-0.2, 0) is 4.79 Å². The number of amides is 2. The largest absolute Gasteiger partial charge is 0.370 e. The average molecular weight is 331 g/mol. The highest BCUT2D eigenvalue weighted by Crippen LogP contribution is 2.26. The third-order valence-corrected chi connectivity index (χ3v) is 4.79. The fraction of sp³-hybridized carbons (Fsp3) is 0.500. The van der Waals surface area contributed by atoms with Gasteiger partial charge in [-0.25, -0.2) is 0 Å². The van der Waals surface area contributed by atoms with Gasteiger partial charge in [0.2, 0.25) is 5.91 Å². The van der Waals surface area contributed by atoms with Crippen molar-refractivity contribution in [2.75, 3.05) is 13.1 Å². The fourth-order valence-corrected chi connectivity index (χ4v) is 3.56. The number of piperidine rings is 1. The Balaban J connectivity index is 1.90. The number of primary amides is 1. The molecule has 0 aromatic carbocycles. The maximum Gasteiger partial charge on any atom is 0.263 e. The molecule has 0 bridgehead atoms. The summed E-state index contributed by atoms with van der Waals surface area (Å²) in [6, 6.07) is 3.73. The number of halogens is 1. The summed E-state index contributed by atoms with van der Waals surface area (Å²) in [5, 5.41) is 0. The van der Waals surface area contributed by atoms with Gasteiger partial charge in [0.15, 0.2) is 0 Å². The third-order valence-electron chi connectivity index (χ3n) is 3.18. The summed E-state index contributed by atoms with van der Waals surface area (Å²) in [6.07, 6.45) is 2.16. The summed E-state index contributed by atoms with van der Waals surface area (Å²) in [7, 11) is 0. The molecule has 1 saturated heterocycles. The summed E-state index contributed by atoms with van der Waals surface area (Å²) in [5.41, 5.74) is 5.19. The lowest BCUT2D eigenvalue weighted by atomic mass is 9.93. The zero-order valence-corrected chi connectivity index (χ0v) is 12.3. The Morgan fingerprint density at radius 2 is 2.06 bits per heavy atom. The van der Waals surface area contributed by atoms with Crippen molar-refractivity contribution in [3.63, 3.8) is 0 Å². The molecule has 1 aliphatic rings. The van der Waals surface area contributed by atoms with E-state index in [1.54, 1.807) is 0 Å². The van der Waals surface area contributed by atoms with E-state index in [2.05, 4.69) is 15.9 Å². The van der Waals surface area contributed by atoms with Gasteiger partial charge >= 0.3 is 0 Å². The van der Waals surface area contributed by atoms with E-state index in [1.165, 1.54) is 11.3 Å². The Labute approximate surface area is 118 Å². The smallest absolute Gasteiger partial charge is 0.263 e. The second kappa shape index (κ2) is 5.84. The van der Waals surface area contributed by atoms with Crippen molar-refractivity contribution in [1.82, 2.24) is 4.90 Å². The van der Waals surface area contributed by atoms with Crippen LogP contribution in [0.3, 0.4) is 0 Å². The standard InChI is InChI=1S/C12H15BrN2O2S/c13-10-2-1-9(18-10)12(17)15-5-3-8(4-6-15)7-11(14)16/h1-2,8H,3-7H2,(H2,14,16). The Morgan fingerprint density at radius 3 is 2.56 bits per heavy atom. The first-order valence-corrected chi connectivity index (χ1v) is 7.50. The molecule has 2 heterocycles. The molecular formula is C12H15BrN2O2S. The van der Waals surface area contributed by atoms with Crippen LogP contribution in [0.4, 0.5) is 0 Å². The second-order valence-corrected chi connectivity index (χ2v) is 6.97. The Morgan fingerprint density at radius 1 is 1.39 bits per heavy atom. The zero-order valence-electron chi connectivity index (χ0n) is 9.89. The number of hydrogen-bond donors (Lipinski definition) is 1. The minimum Gasteiger partial charge on any atom is -0.370 e. The van der Waals surface area contributed by atoms with Gasteiger partial charge in [0.1, 0.15) is 0 Å². The number of thiophene rings is 1. The molecule has 1 aliphatic heterocycles. The lowest BCUT2D eigenvalue weighted by Crippen LogP contribution is -2.39. The molecule has 2 amide bonds. The topological polar surface area (TPSA) is 63.4 Å². The SMILES string of the molecule is NC(=O)CC1CCN(C(=O)c2ccc(Br)s2)CC1. The van der Waals surface area contributed by atoms with Crippen molar-refractivity contribution in [3.05, 3.63) is 20.8 Å². The van der Waals surface area contributed by atoms with E-state index in [1.807, 2.05) is 17.0 Å².